The van der Waals surface area contributed by atoms with Crippen LogP contribution >= 0.6 is 0 Å². The summed E-state index contributed by atoms with van der Waals surface area (Å²) in [5.41, 5.74) is 0. The van der Waals surface area contributed by atoms with Gasteiger partial charge in [0.25, 0.3) is 0 Å². The quantitative estimate of drug-likeness (QED) is 0.391. The van der Waals surface area contributed by atoms with E-state index in [0.717, 1.165) is 38.3 Å². The zero-order valence-electron chi connectivity index (χ0n) is 15.9. The van der Waals surface area contributed by atoms with Crippen LogP contribution in [0.2, 0.25) is 0 Å². The molecule has 0 fully saturated rings. The fourth-order valence-electron chi connectivity index (χ4n) is 1.41. The molecule has 0 atom stereocenters. The van der Waals surface area contributed by atoms with Crippen molar-refractivity contribution in [2.75, 3.05) is 39.6 Å². The lowest BCUT2D eigenvalue weighted by atomic mass is 10.1. The maximum absolute atomic E-state index is 9.97. The number of aliphatic hydroxyl groups excluding tert-OH is 2. The predicted octanol–water partition coefficient (Wildman–Crippen LogP) is 2.25. The Bertz CT molecular complexity index is 204. The molecule has 0 amide bonds. The molecule has 6 nitrogen and oxygen atoms in total. The van der Waals surface area contributed by atoms with E-state index >= 15 is 0 Å². The first-order chi connectivity index (χ1) is 11.6. The second-order valence-corrected chi connectivity index (χ2v) is 5.10. The summed E-state index contributed by atoms with van der Waals surface area (Å²) in [6.45, 7) is 9.85. The van der Waals surface area contributed by atoms with Crippen LogP contribution in [0.4, 0.5) is 0 Å². The van der Waals surface area contributed by atoms with E-state index in [9.17, 15) is 9.59 Å². The minimum absolute atomic E-state index is 0.0417. The molecule has 0 radical (unpaired) electrons. The van der Waals surface area contributed by atoms with Crippen molar-refractivity contribution in [3.05, 3.63) is 0 Å². The Kier molecular flexibility index (Phi) is 31.6. The summed E-state index contributed by atoms with van der Waals surface area (Å²) in [7, 11) is 0. The molecule has 0 heterocycles. The summed E-state index contributed by atoms with van der Waals surface area (Å²) in [4.78, 5) is 19.9. The number of rotatable bonds is 13. The molecule has 0 aliphatic rings. The lowest BCUT2D eigenvalue weighted by Gasteiger charge is -2.01. The van der Waals surface area contributed by atoms with E-state index in [1.54, 1.807) is 0 Å². The molecule has 0 bridgehead atoms. The Morgan fingerprint density at radius 1 is 0.667 bits per heavy atom. The zero-order valence-corrected chi connectivity index (χ0v) is 15.9. The van der Waals surface area contributed by atoms with Crippen molar-refractivity contribution in [2.24, 2.45) is 11.8 Å². The molecule has 0 unspecified atom stereocenters. The van der Waals surface area contributed by atoms with Gasteiger partial charge in [0.15, 0.2) is 0 Å². The second-order valence-electron chi connectivity index (χ2n) is 5.10. The highest BCUT2D eigenvalue weighted by molar-refractivity contribution is 5.53. The van der Waals surface area contributed by atoms with Crippen molar-refractivity contribution in [1.29, 1.82) is 0 Å². The summed E-state index contributed by atoms with van der Waals surface area (Å²) in [6, 6.07) is 0. The van der Waals surface area contributed by atoms with E-state index < -0.39 is 0 Å². The fourth-order valence-corrected chi connectivity index (χ4v) is 1.41. The summed E-state index contributed by atoms with van der Waals surface area (Å²) >= 11 is 0. The summed E-state index contributed by atoms with van der Waals surface area (Å²) < 4.78 is 9.75. The van der Waals surface area contributed by atoms with Crippen LogP contribution in [0.25, 0.3) is 0 Å². The lowest BCUT2D eigenvalue weighted by Crippen LogP contribution is -2.09. The van der Waals surface area contributed by atoms with Gasteiger partial charge < -0.3 is 29.3 Å². The largest absolute Gasteiger partial charge is 0.394 e. The fraction of sp³-hybridized carbons (Fsp3) is 0.889. The van der Waals surface area contributed by atoms with Gasteiger partial charge in [-0.15, -0.1) is 0 Å². The van der Waals surface area contributed by atoms with Crippen LogP contribution in [0.3, 0.4) is 0 Å². The molecule has 0 spiro atoms. The van der Waals surface area contributed by atoms with Crippen molar-refractivity contribution in [3.8, 4) is 0 Å². The van der Waals surface area contributed by atoms with Crippen molar-refractivity contribution in [2.45, 2.75) is 53.4 Å². The van der Waals surface area contributed by atoms with Crippen LogP contribution in [-0.4, -0.2) is 62.4 Å². The third kappa shape index (κ3) is 26.1. The molecule has 2 N–H and O–H groups in total. The van der Waals surface area contributed by atoms with E-state index in [1.165, 1.54) is 0 Å². The number of aldehydes is 2. The maximum Gasteiger partial charge on any atom is 0.123 e. The Morgan fingerprint density at radius 3 is 1.08 bits per heavy atom. The summed E-state index contributed by atoms with van der Waals surface area (Å²) in [6.07, 6.45) is 6.00. The molecule has 0 aliphatic carbocycles. The number of carbonyl (C=O) groups excluding carboxylic acids is 2. The number of hydrogen-bond donors (Lipinski definition) is 2. The van der Waals surface area contributed by atoms with E-state index in [0.29, 0.717) is 38.3 Å². The van der Waals surface area contributed by atoms with Gasteiger partial charge in [0.2, 0.25) is 0 Å². The van der Waals surface area contributed by atoms with Crippen LogP contribution < -0.4 is 0 Å². The lowest BCUT2D eigenvalue weighted by molar-refractivity contribution is -0.111. The van der Waals surface area contributed by atoms with Gasteiger partial charge >= 0.3 is 0 Å². The van der Waals surface area contributed by atoms with Crippen LogP contribution in [0, 0.1) is 11.8 Å². The molecule has 0 aromatic carbocycles. The maximum atomic E-state index is 9.97. The van der Waals surface area contributed by atoms with Gasteiger partial charge in [0, 0.05) is 11.8 Å². The van der Waals surface area contributed by atoms with E-state index in [2.05, 4.69) is 0 Å². The minimum atomic E-state index is 0.0417. The van der Waals surface area contributed by atoms with Gasteiger partial charge in [-0.2, -0.15) is 0 Å². The molecule has 0 saturated carbocycles. The Morgan fingerprint density at radius 2 is 0.958 bits per heavy atom. The van der Waals surface area contributed by atoms with Gasteiger partial charge in [0.05, 0.1) is 39.6 Å². The number of ether oxygens (including phenoxy) is 2. The highest BCUT2D eigenvalue weighted by Crippen LogP contribution is 2.01. The first-order valence-electron chi connectivity index (χ1n) is 8.89. The Balaban J connectivity index is -0.000000283. The van der Waals surface area contributed by atoms with Gasteiger partial charge in [-0.05, 0) is 25.7 Å². The Labute approximate surface area is 147 Å². The molecular formula is C18H38O6. The van der Waals surface area contributed by atoms with Crippen LogP contribution in [0.5, 0.6) is 0 Å². The third-order valence-electron chi connectivity index (χ3n) is 3.33. The SMILES string of the molecule is CCC(C=O)CC.CCC(C=O)CC.OCCOCCOCCO. The first-order valence-corrected chi connectivity index (χ1v) is 8.89. The normalized spacial score (nSPS) is 9.83. The summed E-state index contributed by atoms with van der Waals surface area (Å²) in [5, 5.41) is 16.5. The molecule has 6 heteroatoms. The van der Waals surface area contributed by atoms with Crippen LogP contribution in [0.1, 0.15) is 53.4 Å². The molecule has 0 saturated heterocycles. The second kappa shape index (κ2) is 27.0. The highest BCUT2D eigenvalue weighted by Gasteiger charge is 1.97. The molecular weight excluding hydrogens is 312 g/mol. The Hall–Kier alpha value is -0.820. The highest BCUT2D eigenvalue weighted by atomic mass is 16.5. The average Bonchev–Trinajstić information content (AvgIpc) is 2.62. The standard InChI is InChI=1S/C6H14O4.2C6H12O/c7-1-3-9-5-6-10-4-2-8;2*1-3-6(4-2)5-7/h7-8H,1-6H2;2*5-6H,3-4H2,1-2H3. The average molecular weight is 350 g/mol. The van der Waals surface area contributed by atoms with Crippen molar-refractivity contribution in [1.82, 2.24) is 0 Å². The monoisotopic (exact) mass is 350 g/mol. The van der Waals surface area contributed by atoms with Gasteiger partial charge in [0.1, 0.15) is 12.6 Å². The molecule has 0 aromatic heterocycles. The van der Waals surface area contributed by atoms with Gasteiger partial charge in [-0.1, -0.05) is 27.7 Å². The van der Waals surface area contributed by atoms with Crippen molar-refractivity contribution >= 4 is 12.6 Å². The smallest absolute Gasteiger partial charge is 0.123 e. The number of aliphatic hydroxyl groups is 2. The number of carbonyl (C=O) groups is 2. The first kappa shape index (κ1) is 28.0. The van der Waals surface area contributed by atoms with Gasteiger partial charge in [-0.3, -0.25) is 0 Å². The predicted molar refractivity (Wildman–Crippen MR) is 96.1 cm³/mol. The van der Waals surface area contributed by atoms with Gasteiger partial charge in [-0.25, -0.2) is 0 Å². The van der Waals surface area contributed by atoms with Crippen LogP contribution in [-0.2, 0) is 19.1 Å². The minimum Gasteiger partial charge on any atom is -0.394 e. The van der Waals surface area contributed by atoms with Crippen molar-refractivity contribution in [3.63, 3.8) is 0 Å². The number of hydrogen-bond acceptors (Lipinski definition) is 6. The molecule has 0 rings (SSSR count). The molecule has 24 heavy (non-hydrogen) atoms. The molecule has 0 aliphatic heterocycles. The zero-order chi connectivity index (χ0) is 19.1. The van der Waals surface area contributed by atoms with Crippen LogP contribution in [0.15, 0.2) is 0 Å². The van der Waals surface area contributed by atoms with Crippen molar-refractivity contribution < 1.29 is 29.3 Å². The molecule has 146 valence electrons. The summed E-state index contributed by atoms with van der Waals surface area (Å²) in [5.74, 6) is 0.611. The van der Waals surface area contributed by atoms with E-state index in [-0.39, 0.29) is 13.2 Å². The topological polar surface area (TPSA) is 93.1 Å². The van der Waals surface area contributed by atoms with E-state index in [1.807, 2.05) is 27.7 Å². The van der Waals surface area contributed by atoms with E-state index in [4.69, 9.17) is 19.7 Å². The third-order valence-corrected chi connectivity index (χ3v) is 3.33. The molecule has 0 aromatic rings.